The van der Waals surface area contributed by atoms with Crippen LogP contribution in [0.15, 0.2) is 4.99 Å². The van der Waals surface area contributed by atoms with Gasteiger partial charge in [-0.05, 0) is 25.7 Å². The second-order valence-electron chi connectivity index (χ2n) is 5.61. The van der Waals surface area contributed by atoms with Crippen LogP contribution in [-0.4, -0.2) is 46.0 Å². The Morgan fingerprint density at radius 3 is 2.55 bits per heavy atom. The molecule has 0 unspecified atom stereocenters. The van der Waals surface area contributed by atoms with E-state index in [0.29, 0.717) is 6.54 Å². The molecule has 20 heavy (non-hydrogen) atoms. The van der Waals surface area contributed by atoms with Gasteiger partial charge in [0.2, 0.25) is 0 Å². The topological polar surface area (TPSA) is 70.6 Å². The number of rotatable bonds is 8. The van der Waals surface area contributed by atoms with E-state index >= 15 is 0 Å². The van der Waals surface area contributed by atoms with Crippen LogP contribution in [0.2, 0.25) is 0 Å². The van der Waals surface area contributed by atoms with Crippen LogP contribution >= 0.6 is 0 Å². The maximum Gasteiger partial charge on any atom is 0.191 e. The number of hydrogen-bond acceptors (Lipinski definition) is 3. The van der Waals surface area contributed by atoms with Crippen molar-refractivity contribution in [1.29, 1.82) is 0 Å². The van der Waals surface area contributed by atoms with E-state index in [-0.39, 0.29) is 5.75 Å². The lowest BCUT2D eigenvalue weighted by molar-refractivity contribution is 0.487. The standard InChI is InChI=1S/C14H29N3O2S/c1-3-15-14(17-11-12-20(2,18)19)16-10-6-9-13-7-4-5-8-13/h13H,3-12H2,1-2H3,(H2,15,16,17). The van der Waals surface area contributed by atoms with Crippen molar-refractivity contribution in [3.8, 4) is 0 Å². The molecule has 118 valence electrons. The quantitative estimate of drug-likeness (QED) is 0.405. The minimum atomic E-state index is -2.92. The van der Waals surface area contributed by atoms with Crippen molar-refractivity contribution in [2.45, 2.75) is 45.4 Å². The summed E-state index contributed by atoms with van der Waals surface area (Å²) in [6.45, 7) is 4.01. The van der Waals surface area contributed by atoms with Gasteiger partial charge in [-0.15, -0.1) is 0 Å². The summed E-state index contributed by atoms with van der Waals surface area (Å²) < 4.78 is 22.2. The highest BCUT2D eigenvalue weighted by atomic mass is 32.2. The highest BCUT2D eigenvalue weighted by Gasteiger charge is 2.13. The molecule has 1 saturated carbocycles. The average molecular weight is 303 g/mol. The molecule has 0 spiro atoms. The van der Waals surface area contributed by atoms with E-state index in [1.807, 2.05) is 6.92 Å². The van der Waals surface area contributed by atoms with Crippen molar-refractivity contribution in [2.24, 2.45) is 10.9 Å². The third-order valence-electron chi connectivity index (χ3n) is 3.62. The molecular formula is C14H29N3O2S. The Balaban J connectivity index is 2.22. The monoisotopic (exact) mass is 303 g/mol. The Kier molecular flexibility index (Phi) is 7.95. The van der Waals surface area contributed by atoms with Crippen molar-refractivity contribution < 1.29 is 8.42 Å². The van der Waals surface area contributed by atoms with Crippen LogP contribution in [0, 0.1) is 5.92 Å². The van der Waals surface area contributed by atoms with Gasteiger partial charge in [0, 0.05) is 25.9 Å². The summed E-state index contributed by atoms with van der Waals surface area (Å²) in [5.41, 5.74) is 0. The lowest BCUT2D eigenvalue weighted by Crippen LogP contribution is -2.39. The van der Waals surface area contributed by atoms with E-state index < -0.39 is 9.84 Å². The predicted octanol–water partition coefficient (Wildman–Crippen LogP) is 1.56. The summed E-state index contributed by atoms with van der Waals surface area (Å²) >= 11 is 0. The highest BCUT2D eigenvalue weighted by molar-refractivity contribution is 7.90. The van der Waals surface area contributed by atoms with Gasteiger partial charge in [-0.2, -0.15) is 0 Å². The van der Waals surface area contributed by atoms with E-state index in [1.54, 1.807) is 0 Å². The number of guanidine groups is 1. The summed E-state index contributed by atoms with van der Waals surface area (Å²) in [6.07, 6.45) is 9.19. The molecule has 0 heterocycles. The van der Waals surface area contributed by atoms with Gasteiger partial charge < -0.3 is 10.6 Å². The summed E-state index contributed by atoms with van der Waals surface area (Å²) in [6, 6.07) is 0. The molecule has 2 N–H and O–H groups in total. The lowest BCUT2D eigenvalue weighted by Gasteiger charge is -2.11. The normalized spacial score (nSPS) is 17.4. The van der Waals surface area contributed by atoms with Crippen LogP contribution in [0.1, 0.15) is 45.4 Å². The SMILES string of the molecule is CCNC(=NCCCC1CCCC1)NCCS(C)(=O)=O. The Bertz CT molecular complexity index is 387. The van der Waals surface area contributed by atoms with Crippen molar-refractivity contribution >= 4 is 15.8 Å². The van der Waals surface area contributed by atoms with Gasteiger partial charge in [0.25, 0.3) is 0 Å². The molecule has 0 atom stereocenters. The van der Waals surface area contributed by atoms with Crippen molar-refractivity contribution in [3.63, 3.8) is 0 Å². The first kappa shape index (κ1) is 17.3. The second-order valence-corrected chi connectivity index (χ2v) is 7.87. The van der Waals surface area contributed by atoms with Gasteiger partial charge in [0.05, 0.1) is 5.75 Å². The molecule has 0 radical (unpaired) electrons. The summed E-state index contributed by atoms with van der Waals surface area (Å²) in [5.74, 6) is 1.77. The molecule has 0 saturated heterocycles. The van der Waals surface area contributed by atoms with E-state index in [4.69, 9.17) is 0 Å². The van der Waals surface area contributed by atoms with Crippen molar-refractivity contribution in [2.75, 3.05) is 31.6 Å². The first-order valence-corrected chi connectivity index (χ1v) is 9.77. The minimum absolute atomic E-state index is 0.138. The van der Waals surface area contributed by atoms with Crippen molar-refractivity contribution in [3.05, 3.63) is 0 Å². The van der Waals surface area contributed by atoms with Crippen LogP contribution < -0.4 is 10.6 Å². The summed E-state index contributed by atoms with van der Waals surface area (Å²) in [5, 5.41) is 6.21. The largest absolute Gasteiger partial charge is 0.357 e. The van der Waals surface area contributed by atoms with Gasteiger partial charge in [0.15, 0.2) is 5.96 Å². The lowest BCUT2D eigenvalue weighted by atomic mass is 10.0. The Hall–Kier alpha value is -0.780. The zero-order valence-electron chi connectivity index (χ0n) is 12.8. The fourth-order valence-corrected chi connectivity index (χ4v) is 3.04. The van der Waals surface area contributed by atoms with Crippen LogP contribution in [0.3, 0.4) is 0 Å². The van der Waals surface area contributed by atoms with Gasteiger partial charge in [-0.3, -0.25) is 4.99 Å². The molecule has 6 heteroatoms. The summed E-state index contributed by atoms with van der Waals surface area (Å²) in [4.78, 5) is 4.49. The average Bonchev–Trinajstić information content (AvgIpc) is 2.86. The maximum atomic E-state index is 11.1. The number of aliphatic imine (C=N–C) groups is 1. The Morgan fingerprint density at radius 1 is 1.25 bits per heavy atom. The number of sulfone groups is 1. The van der Waals surface area contributed by atoms with Crippen LogP contribution in [0.4, 0.5) is 0 Å². The number of nitrogens with one attached hydrogen (secondary N) is 2. The van der Waals surface area contributed by atoms with Crippen molar-refractivity contribution in [1.82, 2.24) is 10.6 Å². The maximum absolute atomic E-state index is 11.1. The molecule has 1 aliphatic rings. The smallest absolute Gasteiger partial charge is 0.191 e. The molecule has 1 rings (SSSR count). The Morgan fingerprint density at radius 2 is 1.95 bits per heavy atom. The first-order valence-electron chi connectivity index (χ1n) is 7.71. The molecule has 5 nitrogen and oxygen atoms in total. The van der Waals surface area contributed by atoms with Gasteiger partial charge in [0.1, 0.15) is 9.84 Å². The van der Waals surface area contributed by atoms with Crippen LogP contribution in [0.5, 0.6) is 0 Å². The fraction of sp³-hybridized carbons (Fsp3) is 0.929. The predicted molar refractivity (Wildman–Crippen MR) is 84.9 cm³/mol. The van der Waals surface area contributed by atoms with Crippen LogP contribution in [0.25, 0.3) is 0 Å². The molecular weight excluding hydrogens is 274 g/mol. The van der Waals surface area contributed by atoms with E-state index in [9.17, 15) is 8.42 Å². The molecule has 1 fully saturated rings. The van der Waals surface area contributed by atoms with Crippen LogP contribution in [-0.2, 0) is 9.84 Å². The van der Waals surface area contributed by atoms with E-state index in [2.05, 4.69) is 15.6 Å². The number of nitrogens with zero attached hydrogens (tertiary/aromatic N) is 1. The molecule has 0 aromatic heterocycles. The van der Waals surface area contributed by atoms with Gasteiger partial charge in [-0.25, -0.2) is 8.42 Å². The zero-order chi connectivity index (χ0) is 14.8. The van der Waals surface area contributed by atoms with Gasteiger partial charge >= 0.3 is 0 Å². The summed E-state index contributed by atoms with van der Waals surface area (Å²) in [7, 11) is -2.92. The molecule has 0 amide bonds. The number of hydrogen-bond donors (Lipinski definition) is 2. The second kappa shape index (κ2) is 9.21. The molecule has 1 aliphatic carbocycles. The molecule has 0 aromatic rings. The molecule has 0 bridgehead atoms. The fourth-order valence-electron chi connectivity index (χ4n) is 2.57. The molecule has 0 aromatic carbocycles. The first-order chi connectivity index (χ1) is 9.51. The minimum Gasteiger partial charge on any atom is -0.357 e. The third kappa shape index (κ3) is 8.40. The highest BCUT2D eigenvalue weighted by Crippen LogP contribution is 2.28. The van der Waals surface area contributed by atoms with E-state index in [0.717, 1.165) is 31.4 Å². The van der Waals surface area contributed by atoms with Gasteiger partial charge in [-0.1, -0.05) is 25.7 Å². The molecule has 0 aliphatic heterocycles. The Labute approximate surface area is 123 Å². The van der Waals surface area contributed by atoms with E-state index in [1.165, 1.54) is 38.4 Å². The third-order valence-corrected chi connectivity index (χ3v) is 4.57. The zero-order valence-corrected chi connectivity index (χ0v) is 13.6.